The van der Waals surface area contributed by atoms with E-state index >= 15 is 26.3 Å². The van der Waals surface area contributed by atoms with Crippen molar-refractivity contribution in [1.82, 2.24) is 0 Å². The van der Waals surface area contributed by atoms with Crippen LogP contribution in [0.25, 0.3) is 44.5 Å². The van der Waals surface area contributed by atoms with E-state index in [9.17, 15) is 0 Å². The van der Waals surface area contributed by atoms with Crippen LogP contribution in [0.15, 0.2) is 264 Å². The van der Waals surface area contributed by atoms with Crippen molar-refractivity contribution in [2.75, 3.05) is 9.80 Å². The Labute approximate surface area is 527 Å². The van der Waals surface area contributed by atoms with Crippen molar-refractivity contribution < 1.29 is 26.3 Å². The van der Waals surface area contributed by atoms with E-state index in [1.54, 1.807) is 29.2 Å². The van der Waals surface area contributed by atoms with Gasteiger partial charge in [0.1, 0.15) is 0 Å². The number of rotatable bonds is 10. The summed E-state index contributed by atoms with van der Waals surface area (Å²) in [5, 5.41) is 0. The first-order chi connectivity index (χ1) is 42.4. The van der Waals surface area contributed by atoms with E-state index in [-0.39, 0.29) is 33.0 Å². The molecule has 0 amide bonds. The second-order valence-corrected chi connectivity index (χ2v) is 28.4. The molecule has 456 valence electrons. The lowest BCUT2D eigenvalue weighted by atomic mass is 9.67. The molecule has 8 aromatic carbocycles. The minimum atomic E-state index is -4.74. The van der Waals surface area contributed by atoms with Crippen molar-refractivity contribution in [3.63, 3.8) is 0 Å². The summed E-state index contributed by atoms with van der Waals surface area (Å²) < 4.78 is 95.0. The normalized spacial score (nSPS) is 16.7. The molecule has 8 heteroatoms. The van der Waals surface area contributed by atoms with Crippen molar-refractivity contribution in [3.8, 4) is 44.5 Å². The number of alkyl halides is 6. The Morgan fingerprint density at radius 1 is 0.356 bits per heavy atom. The van der Waals surface area contributed by atoms with Gasteiger partial charge in [-0.3, -0.25) is 0 Å². The third-order valence-electron chi connectivity index (χ3n) is 18.2. The van der Waals surface area contributed by atoms with E-state index in [4.69, 9.17) is 0 Å². The van der Waals surface area contributed by atoms with Gasteiger partial charge in [-0.15, -0.1) is 0 Å². The zero-order chi connectivity index (χ0) is 64.0. The number of benzene rings is 8. The number of nitrogens with zero attached hydrogens (tertiary/aromatic N) is 2. The van der Waals surface area contributed by atoms with Gasteiger partial charge in [0, 0.05) is 22.7 Å². The Kier molecular flexibility index (Phi) is 15.4. The number of allylic oxidation sites excluding steroid dienone is 10. The van der Waals surface area contributed by atoms with Gasteiger partial charge in [0.2, 0.25) is 0 Å². The summed E-state index contributed by atoms with van der Waals surface area (Å²) in [6.07, 6.45) is 6.49. The van der Waals surface area contributed by atoms with Gasteiger partial charge in [0.05, 0.1) is 39.9 Å². The lowest BCUT2D eigenvalue weighted by Crippen LogP contribution is -2.38. The molecule has 2 atom stereocenters. The van der Waals surface area contributed by atoms with Gasteiger partial charge in [-0.25, -0.2) is 0 Å². The Morgan fingerprint density at radius 3 is 1.23 bits per heavy atom. The van der Waals surface area contributed by atoms with Gasteiger partial charge < -0.3 is 9.80 Å². The van der Waals surface area contributed by atoms with Crippen molar-refractivity contribution in [2.45, 2.75) is 123 Å². The van der Waals surface area contributed by atoms with Crippen molar-refractivity contribution in [2.24, 2.45) is 5.92 Å². The smallest absolute Gasteiger partial charge is 0.329 e. The zero-order valence-electron chi connectivity index (χ0n) is 53.3. The highest BCUT2D eigenvalue weighted by molar-refractivity contribution is 5.92. The molecule has 2 unspecified atom stereocenters. The fourth-order valence-corrected chi connectivity index (χ4v) is 13.1. The maximum Gasteiger partial charge on any atom is 0.418 e. The van der Waals surface area contributed by atoms with Gasteiger partial charge in [0.25, 0.3) is 0 Å². The van der Waals surface area contributed by atoms with Crippen LogP contribution < -0.4 is 9.80 Å². The Bertz CT molecular complexity index is 4320. The molecule has 12 rings (SSSR count). The summed E-state index contributed by atoms with van der Waals surface area (Å²) in [5.41, 5.74) is 15.2. The molecular formula is C82H76F6N2. The number of para-hydroxylation sites is 2. The predicted molar refractivity (Wildman–Crippen MR) is 362 cm³/mol. The average molecular weight is 1200 g/mol. The highest BCUT2D eigenvalue weighted by Gasteiger charge is 2.44. The lowest BCUT2D eigenvalue weighted by Gasteiger charge is -2.44. The second-order valence-electron chi connectivity index (χ2n) is 28.4. The van der Waals surface area contributed by atoms with E-state index in [2.05, 4.69) is 192 Å². The molecule has 0 aliphatic heterocycles. The Hall–Kier alpha value is -8.88. The molecule has 2 nitrogen and oxygen atoms in total. The number of halogens is 6. The zero-order valence-corrected chi connectivity index (χ0v) is 53.3. The summed E-state index contributed by atoms with van der Waals surface area (Å²) in [5.74, 6) is -0.518. The van der Waals surface area contributed by atoms with Crippen LogP contribution in [-0.4, -0.2) is 6.04 Å². The standard InChI is InChI=1S/C82H76F6N2/c1-77(2,3)59-35-21-51(22-36-59)57-33-47-71(65(49-57)53-25-39-61(40-26-53)79(7,8)9)89(73-19-15-13-17-67(73)81(83,84)85)69-45-31-55-30-44-64-70(46-32-56-29-43-63(69)75(55)76(56)64)90(74-20-16-14-18-68(74)82(86,87)88)72-48-34-58(52-23-37-60(38-24-52)78(4,5)6)50-66(72)54-27-41-62(42-28-54)80(10,11)12/h13-50,69,76H,1-12H3. The van der Waals surface area contributed by atoms with E-state index in [1.165, 1.54) is 23.3 Å². The molecule has 0 aromatic heterocycles. The van der Waals surface area contributed by atoms with Gasteiger partial charge in [-0.1, -0.05) is 259 Å². The second kappa shape index (κ2) is 22.6. The topological polar surface area (TPSA) is 6.48 Å². The molecule has 0 bridgehead atoms. The quantitative estimate of drug-likeness (QED) is 0.126. The third-order valence-corrected chi connectivity index (χ3v) is 18.2. The van der Waals surface area contributed by atoms with Crippen LogP contribution in [0.5, 0.6) is 0 Å². The van der Waals surface area contributed by atoms with E-state index in [0.717, 1.165) is 95.6 Å². The predicted octanol–water partition coefficient (Wildman–Crippen LogP) is 23.7. The molecular weight excluding hydrogens is 1130 g/mol. The first-order valence-corrected chi connectivity index (χ1v) is 31.0. The maximum atomic E-state index is 15.8. The van der Waals surface area contributed by atoms with E-state index < -0.39 is 35.4 Å². The molecule has 4 aliphatic carbocycles. The lowest BCUT2D eigenvalue weighted by molar-refractivity contribution is -0.137. The summed E-state index contributed by atoms with van der Waals surface area (Å²) in [6, 6.07) is 56.4. The number of hydrogen-bond donors (Lipinski definition) is 0. The van der Waals surface area contributed by atoms with Crippen LogP contribution in [0, 0.1) is 5.92 Å². The fraction of sp³-hybridized carbons (Fsp3) is 0.244. The number of anilines is 4. The summed E-state index contributed by atoms with van der Waals surface area (Å²) in [6.45, 7) is 26.0. The first kappa shape index (κ1) is 61.4. The Morgan fingerprint density at radius 2 is 0.767 bits per heavy atom. The molecule has 0 radical (unpaired) electrons. The van der Waals surface area contributed by atoms with Gasteiger partial charge >= 0.3 is 12.4 Å². The van der Waals surface area contributed by atoms with Gasteiger partial charge in [-0.2, -0.15) is 26.3 Å². The molecule has 0 saturated carbocycles. The largest absolute Gasteiger partial charge is 0.418 e. The molecule has 0 fully saturated rings. The molecule has 8 aromatic rings. The molecule has 0 heterocycles. The van der Waals surface area contributed by atoms with Crippen molar-refractivity contribution in [3.05, 3.63) is 298 Å². The molecule has 0 N–H and O–H groups in total. The Balaban J connectivity index is 1.05. The average Bonchev–Trinajstić information content (AvgIpc) is 0.719. The van der Waals surface area contributed by atoms with Crippen LogP contribution in [0.3, 0.4) is 0 Å². The van der Waals surface area contributed by atoms with Gasteiger partial charge in [-0.05, 0) is 160 Å². The molecule has 0 saturated heterocycles. The maximum absolute atomic E-state index is 15.8. The van der Waals surface area contributed by atoms with Crippen LogP contribution in [0.1, 0.15) is 116 Å². The highest BCUT2D eigenvalue weighted by atomic mass is 19.4. The first-order valence-electron chi connectivity index (χ1n) is 31.0. The van der Waals surface area contributed by atoms with Gasteiger partial charge in [0.15, 0.2) is 0 Å². The van der Waals surface area contributed by atoms with Crippen LogP contribution in [0.4, 0.5) is 49.1 Å². The molecule has 0 spiro atoms. The third kappa shape index (κ3) is 11.7. The van der Waals surface area contributed by atoms with Crippen molar-refractivity contribution in [1.29, 1.82) is 0 Å². The van der Waals surface area contributed by atoms with Crippen LogP contribution >= 0.6 is 0 Å². The monoisotopic (exact) mass is 1200 g/mol. The van der Waals surface area contributed by atoms with E-state index in [1.807, 2.05) is 77.8 Å². The molecule has 90 heavy (non-hydrogen) atoms. The summed E-state index contributed by atoms with van der Waals surface area (Å²) >= 11 is 0. The van der Waals surface area contributed by atoms with Crippen molar-refractivity contribution >= 4 is 22.7 Å². The minimum Gasteiger partial charge on any atom is -0.329 e. The number of hydrogen-bond acceptors (Lipinski definition) is 2. The highest BCUT2D eigenvalue weighted by Crippen LogP contribution is 2.55. The van der Waals surface area contributed by atoms with Crippen LogP contribution in [0.2, 0.25) is 0 Å². The fourth-order valence-electron chi connectivity index (χ4n) is 13.1. The molecule has 4 aliphatic rings. The van der Waals surface area contributed by atoms with E-state index in [0.29, 0.717) is 17.1 Å². The minimum absolute atomic E-state index is 0.0212. The SMILES string of the molecule is CC(C)(C)c1ccc(-c2ccc(N(C3=C4C=CC5=C6C(=CC=C(C=C3)C46)C(N(c3ccc(-c4ccc(C(C)(C)C)cc4)cc3-c3ccc(C(C)(C)C)cc3)c3ccccc3C(F)(F)F)C=C5)c3ccccc3C(F)(F)F)c(-c3ccc(C(C)(C)C)cc3)c2)cc1. The summed E-state index contributed by atoms with van der Waals surface area (Å²) in [4.78, 5) is 3.62. The van der Waals surface area contributed by atoms with Crippen LogP contribution in [-0.2, 0) is 34.0 Å². The summed E-state index contributed by atoms with van der Waals surface area (Å²) in [7, 11) is 0.